The van der Waals surface area contributed by atoms with Gasteiger partial charge in [0, 0.05) is 25.2 Å². The standard InChI is InChI=1S/C20H20F2N2O2/c1-24(12-14-6-5-9-26-13-14)20(25)23-19-17(10-16(21)11-18(19)22)15-7-3-2-4-8-15/h2-4,6-8,10-11H,5,9,12-13H2,1H3,(H,23,25). The molecular formula is C20H20F2N2O2. The molecule has 0 bridgehead atoms. The molecule has 136 valence electrons. The highest BCUT2D eigenvalue weighted by molar-refractivity contribution is 5.94. The average molecular weight is 358 g/mol. The average Bonchev–Trinajstić information content (AvgIpc) is 2.65. The molecule has 1 N–H and O–H groups in total. The van der Waals surface area contributed by atoms with E-state index >= 15 is 0 Å². The van der Waals surface area contributed by atoms with Gasteiger partial charge in [0.15, 0.2) is 0 Å². The van der Waals surface area contributed by atoms with Crippen LogP contribution in [0.2, 0.25) is 0 Å². The number of nitrogens with zero attached hydrogens (tertiary/aromatic N) is 1. The lowest BCUT2D eigenvalue weighted by molar-refractivity contribution is 0.145. The van der Waals surface area contributed by atoms with Gasteiger partial charge in [0.1, 0.15) is 11.6 Å². The lowest BCUT2D eigenvalue weighted by Crippen LogP contribution is -2.34. The van der Waals surface area contributed by atoms with E-state index in [4.69, 9.17) is 4.74 Å². The second kappa shape index (κ2) is 8.10. The highest BCUT2D eigenvalue weighted by atomic mass is 19.1. The lowest BCUT2D eigenvalue weighted by Gasteiger charge is -2.22. The Morgan fingerprint density at radius 3 is 2.69 bits per heavy atom. The van der Waals surface area contributed by atoms with Crippen molar-refractivity contribution in [1.29, 1.82) is 0 Å². The third-order valence-corrected chi connectivity index (χ3v) is 4.14. The number of carbonyl (C=O) groups is 1. The van der Waals surface area contributed by atoms with Crippen LogP contribution in [0, 0.1) is 11.6 Å². The van der Waals surface area contributed by atoms with Gasteiger partial charge in [0.25, 0.3) is 0 Å². The SMILES string of the molecule is CN(CC1=CCCOC1)C(=O)Nc1c(F)cc(F)cc1-c1ccccc1. The van der Waals surface area contributed by atoms with Crippen LogP contribution in [-0.2, 0) is 4.74 Å². The Labute approximate surface area is 151 Å². The number of amides is 2. The molecule has 0 spiro atoms. The molecular weight excluding hydrogens is 338 g/mol. The number of nitrogens with one attached hydrogen (secondary N) is 1. The van der Waals surface area contributed by atoms with Crippen LogP contribution in [0.3, 0.4) is 0 Å². The van der Waals surface area contributed by atoms with Crippen LogP contribution in [0.5, 0.6) is 0 Å². The zero-order chi connectivity index (χ0) is 18.5. The molecule has 2 aromatic rings. The van der Waals surface area contributed by atoms with E-state index in [-0.39, 0.29) is 5.69 Å². The summed E-state index contributed by atoms with van der Waals surface area (Å²) in [7, 11) is 1.62. The number of benzene rings is 2. The number of hydrogen-bond acceptors (Lipinski definition) is 2. The summed E-state index contributed by atoms with van der Waals surface area (Å²) in [6.45, 7) is 1.55. The summed E-state index contributed by atoms with van der Waals surface area (Å²) in [5.41, 5.74) is 1.87. The molecule has 0 saturated carbocycles. The molecule has 2 amide bonds. The Bertz CT molecular complexity index is 822. The quantitative estimate of drug-likeness (QED) is 0.821. The zero-order valence-corrected chi connectivity index (χ0v) is 14.5. The van der Waals surface area contributed by atoms with Crippen molar-refractivity contribution >= 4 is 11.7 Å². The van der Waals surface area contributed by atoms with Crippen molar-refractivity contribution in [3.63, 3.8) is 0 Å². The molecule has 3 rings (SSSR count). The van der Waals surface area contributed by atoms with Crippen molar-refractivity contribution < 1.29 is 18.3 Å². The summed E-state index contributed by atoms with van der Waals surface area (Å²) in [6.07, 6.45) is 2.86. The number of ether oxygens (including phenoxy) is 1. The predicted molar refractivity (Wildman–Crippen MR) is 97.0 cm³/mol. The van der Waals surface area contributed by atoms with Crippen molar-refractivity contribution in [1.82, 2.24) is 4.90 Å². The van der Waals surface area contributed by atoms with Crippen LogP contribution in [0.4, 0.5) is 19.3 Å². The van der Waals surface area contributed by atoms with E-state index < -0.39 is 17.7 Å². The molecule has 0 radical (unpaired) electrons. The van der Waals surface area contributed by atoms with Crippen LogP contribution < -0.4 is 5.32 Å². The predicted octanol–water partition coefficient (Wildman–Crippen LogP) is 4.44. The Kier molecular flexibility index (Phi) is 5.63. The molecule has 0 saturated heterocycles. The summed E-state index contributed by atoms with van der Waals surface area (Å²) in [6, 6.07) is 10.3. The Morgan fingerprint density at radius 1 is 1.23 bits per heavy atom. The molecule has 0 atom stereocenters. The van der Waals surface area contributed by atoms with E-state index in [0.717, 1.165) is 18.1 Å². The number of anilines is 1. The summed E-state index contributed by atoms with van der Waals surface area (Å²) in [5, 5.41) is 2.57. The van der Waals surface area contributed by atoms with Crippen LogP contribution >= 0.6 is 0 Å². The highest BCUT2D eigenvalue weighted by Gasteiger charge is 2.18. The second-order valence-electron chi connectivity index (χ2n) is 6.17. The Morgan fingerprint density at radius 2 is 2.00 bits per heavy atom. The van der Waals surface area contributed by atoms with Crippen LogP contribution in [-0.4, -0.2) is 37.7 Å². The van der Waals surface area contributed by atoms with E-state index in [2.05, 4.69) is 5.32 Å². The highest BCUT2D eigenvalue weighted by Crippen LogP contribution is 2.31. The van der Waals surface area contributed by atoms with E-state index in [0.29, 0.717) is 30.9 Å². The molecule has 0 aromatic heterocycles. The van der Waals surface area contributed by atoms with E-state index in [1.165, 1.54) is 11.0 Å². The first-order valence-electron chi connectivity index (χ1n) is 8.37. The third kappa shape index (κ3) is 4.26. The van der Waals surface area contributed by atoms with Gasteiger partial charge in [0.2, 0.25) is 0 Å². The van der Waals surface area contributed by atoms with E-state index in [1.54, 1.807) is 31.3 Å². The van der Waals surface area contributed by atoms with Crippen molar-refractivity contribution in [2.45, 2.75) is 6.42 Å². The normalized spacial score (nSPS) is 13.9. The molecule has 1 aliphatic rings. The van der Waals surface area contributed by atoms with Gasteiger partial charge in [-0.2, -0.15) is 0 Å². The van der Waals surface area contributed by atoms with Crippen LogP contribution in [0.25, 0.3) is 11.1 Å². The lowest BCUT2D eigenvalue weighted by atomic mass is 10.0. The van der Waals surface area contributed by atoms with E-state index in [1.807, 2.05) is 12.1 Å². The van der Waals surface area contributed by atoms with Gasteiger partial charge in [-0.15, -0.1) is 0 Å². The van der Waals surface area contributed by atoms with Crippen molar-refractivity contribution in [2.24, 2.45) is 0 Å². The molecule has 4 nitrogen and oxygen atoms in total. The molecule has 2 aromatic carbocycles. The molecule has 6 heteroatoms. The summed E-state index contributed by atoms with van der Waals surface area (Å²) in [4.78, 5) is 13.9. The minimum atomic E-state index is -0.814. The summed E-state index contributed by atoms with van der Waals surface area (Å²) in [5.74, 6) is -1.51. The Balaban J connectivity index is 1.82. The first-order chi connectivity index (χ1) is 12.5. The summed E-state index contributed by atoms with van der Waals surface area (Å²) < 4.78 is 33.5. The fourth-order valence-electron chi connectivity index (χ4n) is 2.84. The fraction of sp³-hybridized carbons (Fsp3) is 0.250. The number of likely N-dealkylation sites (N-methyl/N-ethyl adjacent to an activating group) is 1. The topological polar surface area (TPSA) is 41.6 Å². The van der Waals surface area contributed by atoms with Gasteiger partial charge < -0.3 is 15.0 Å². The summed E-state index contributed by atoms with van der Waals surface area (Å²) >= 11 is 0. The van der Waals surface area contributed by atoms with Gasteiger partial charge in [-0.3, -0.25) is 0 Å². The van der Waals surface area contributed by atoms with Crippen molar-refractivity contribution in [3.8, 4) is 11.1 Å². The van der Waals surface area contributed by atoms with Gasteiger partial charge in [0.05, 0.1) is 18.9 Å². The maximum atomic E-state index is 14.4. The third-order valence-electron chi connectivity index (χ3n) is 4.14. The first-order valence-corrected chi connectivity index (χ1v) is 8.37. The zero-order valence-electron chi connectivity index (χ0n) is 14.5. The number of halogens is 2. The molecule has 0 aliphatic carbocycles. The molecule has 0 unspecified atom stereocenters. The molecule has 26 heavy (non-hydrogen) atoms. The molecule has 1 heterocycles. The van der Waals surface area contributed by atoms with Crippen LogP contribution in [0.1, 0.15) is 6.42 Å². The van der Waals surface area contributed by atoms with Gasteiger partial charge in [-0.05, 0) is 23.6 Å². The number of urea groups is 1. The monoisotopic (exact) mass is 358 g/mol. The van der Waals surface area contributed by atoms with Crippen molar-refractivity contribution in [3.05, 3.63) is 65.7 Å². The number of carbonyl (C=O) groups excluding carboxylic acids is 1. The smallest absolute Gasteiger partial charge is 0.321 e. The maximum absolute atomic E-state index is 14.4. The van der Waals surface area contributed by atoms with Crippen molar-refractivity contribution in [2.75, 3.05) is 32.1 Å². The van der Waals surface area contributed by atoms with Gasteiger partial charge >= 0.3 is 6.03 Å². The minimum Gasteiger partial charge on any atom is -0.377 e. The van der Waals surface area contributed by atoms with Gasteiger partial charge in [-0.25, -0.2) is 13.6 Å². The largest absolute Gasteiger partial charge is 0.377 e. The maximum Gasteiger partial charge on any atom is 0.321 e. The first kappa shape index (κ1) is 18.1. The Hall–Kier alpha value is -2.73. The second-order valence-corrected chi connectivity index (χ2v) is 6.17. The van der Waals surface area contributed by atoms with Gasteiger partial charge in [-0.1, -0.05) is 36.4 Å². The van der Waals surface area contributed by atoms with E-state index in [9.17, 15) is 13.6 Å². The fourth-order valence-corrected chi connectivity index (χ4v) is 2.84. The molecule has 0 fully saturated rings. The number of hydrogen-bond donors (Lipinski definition) is 1. The molecule has 1 aliphatic heterocycles. The number of rotatable bonds is 4. The minimum absolute atomic E-state index is 0.0386. The van der Waals surface area contributed by atoms with Crippen LogP contribution in [0.15, 0.2) is 54.1 Å².